The number of nitrogens with one attached hydrogen (secondary N) is 1. The van der Waals surface area contributed by atoms with E-state index in [0.29, 0.717) is 24.3 Å². The minimum atomic E-state index is -3.86. The Morgan fingerprint density at radius 3 is 2.17 bits per heavy atom. The van der Waals surface area contributed by atoms with Crippen LogP contribution in [0.4, 0.5) is 4.79 Å². The van der Waals surface area contributed by atoms with Crippen LogP contribution in [0.1, 0.15) is 97.6 Å². The number of ketones is 2. The summed E-state index contributed by atoms with van der Waals surface area (Å²) in [4.78, 5) is 72.1. The molecule has 284 valence electrons. The Labute approximate surface area is 305 Å². The van der Waals surface area contributed by atoms with Gasteiger partial charge < -0.3 is 19.1 Å². The van der Waals surface area contributed by atoms with Crippen LogP contribution in [0, 0.1) is 28.1 Å². The second-order valence-electron chi connectivity index (χ2n) is 17.5. The third-order valence-corrected chi connectivity index (χ3v) is 12.7. The average Bonchev–Trinajstić information content (AvgIpc) is 3.86. The molecule has 3 amide bonds. The lowest BCUT2D eigenvalue weighted by molar-refractivity contribution is -0.146. The van der Waals surface area contributed by atoms with Crippen molar-refractivity contribution >= 4 is 39.5 Å². The zero-order chi connectivity index (χ0) is 38.0. The van der Waals surface area contributed by atoms with E-state index in [0.717, 1.165) is 11.1 Å². The monoisotopic (exact) mass is 741 g/mol. The molecule has 0 radical (unpaired) electrons. The van der Waals surface area contributed by atoms with Crippen molar-refractivity contribution in [1.82, 2.24) is 14.5 Å². The first-order chi connectivity index (χ1) is 24.2. The van der Waals surface area contributed by atoms with Crippen molar-refractivity contribution in [1.29, 1.82) is 0 Å². The maximum absolute atomic E-state index is 14.5. The highest BCUT2D eigenvalue weighted by atomic mass is 32.2. The number of hydrogen-bond donors (Lipinski definition) is 1. The summed E-state index contributed by atoms with van der Waals surface area (Å²) in [5, 5.41) is -0.621. The number of hydrogen-bond acceptors (Lipinski definition) is 10. The van der Waals surface area contributed by atoms with Crippen LogP contribution in [0.3, 0.4) is 0 Å². The summed E-state index contributed by atoms with van der Waals surface area (Å²) >= 11 is 0. The van der Waals surface area contributed by atoms with E-state index in [2.05, 4.69) is 11.3 Å². The lowest BCUT2D eigenvalue weighted by Crippen LogP contribution is -2.48. The quantitative estimate of drug-likeness (QED) is 0.298. The van der Waals surface area contributed by atoms with Crippen LogP contribution >= 0.6 is 0 Å². The Balaban J connectivity index is 1.22. The van der Waals surface area contributed by atoms with Gasteiger partial charge in [-0.3, -0.25) is 28.8 Å². The van der Waals surface area contributed by atoms with Gasteiger partial charge in [0.1, 0.15) is 11.9 Å². The third-order valence-electron chi connectivity index (χ3n) is 10.9. The number of fused-ring (bicyclic) bond motifs is 2. The fraction of sp³-hybridized carbons (Fsp3) is 0.658. The standard InChI is InChI=1S/C38H51N3O10S/c1-8-24-15-38(24,34(45)39-52(47,48)27-9-10-27)17-30(43)29-14-26(20-41(29)33(44)28(37(5,6)7)13-25(42)16-36(2,3)4)51-35(46)40-18-22-11-31-32(50-21-49-31)12-23(22)19-40/h8,11-12,24,26-29H,1,9-10,13-21H2,2-7H3,(H,39,45)/t24-,26+,28+,29?,38-/m0/s1. The Kier molecular flexibility index (Phi) is 9.80. The molecule has 6 rings (SSSR count). The molecule has 5 atom stereocenters. The molecule has 1 aromatic rings. The molecular weight excluding hydrogens is 690 g/mol. The molecule has 3 aliphatic heterocycles. The molecule has 1 aromatic carbocycles. The Bertz CT molecular complexity index is 1760. The summed E-state index contributed by atoms with van der Waals surface area (Å²) in [5.74, 6) is -1.62. The van der Waals surface area contributed by atoms with E-state index < -0.39 is 73.8 Å². The number of rotatable bonds is 12. The lowest BCUT2D eigenvalue weighted by Gasteiger charge is -2.35. The summed E-state index contributed by atoms with van der Waals surface area (Å²) in [6.07, 6.45) is 1.23. The van der Waals surface area contributed by atoms with Crippen LogP contribution in [0.15, 0.2) is 24.8 Å². The first-order valence-electron chi connectivity index (χ1n) is 18.1. The molecule has 2 aliphatic carbocycles. The van der Waals surface area contributed by atoms with Crippen LogP contribution in [-0.2, 0) is 47.0 Å². The first-order valence-corrected chi connectivity index (χ1v) is 19.7. The highest BCUT2D eigenvalue weighted by Crippen LogP contribution is 2.57. The minimum absolute atomic E-state index is 0.00327. The summed E-state index contributed by atoms with van der Waals surface area (Å²) in [6.45, 7) is 15.9. The molecule has 0 spiro atoms. The van der Waals surface area contributed by atoms with Gasteiger partial charge in [0.15, 0.2) is 17.3 Å². The Hall–Kier alpha value is -3.94. The SMILES string of the molecule is C=C[C@H]1C[C@@]1(CC(=O)C1C[C@@H](OC(=O)N2Cc3cc4c(cc3C2)OCO4)CN1C(=O)[C@@H](CC(=O)CC(C)(C)C)C(C)(C)C)C(=O)NS(=O)(=O)C1CC1. The van der Waals surface area contributed by atoms with Crippen LogP contribution in [0.2, 0.25) is 0 Å². The lowest BCUT2D eigenvalue weighted by atomic mass is 9.75. The molecule has 14 heteroatoms. The smallest absolute Gasteiger partial charge is 0.410 e. The number of benzene rings is 1. The number of amides is 3. The predicted molar refractivity (Wildman–Crippen MR) is 189 cm³/mol. The highest BCUT2D eigenvalue weighted by molar-refractivity contribution is 7.90. The Morgan fingerprint density at radius 1 is 1.04 bits per heavy atom. The molecule has 3 heterocycles. The normalized spacial score (nSPS) is 25.7. The van der Waals surface area contributed by atoms with Gasteiger partial charge in [-0.15, -0.1) is 6.58 Å². The molecule has 13 nitrogen and oxygen atoms in total. The van der Waals surface area contributed by atoms with Crippen molar-refractivity contribution < 1.29 is 46.6 Å². The van der Waals surface area contributed by atoms with E-state index in [4.69, 9.17) is 14.2 Å². The van der Waals surface area contributed by atoms with Crippen molar-refractivity contribution in [2.24, 2.45) is 28.1 Å². The number of sulfonamides is 1. The van der Waals surface area contributed by atoms with E-state index in [1.54, 1.807) is 6.08 Å². The summed E-state index contributed by atoms with van der Waals surface area (Å²) < 4.78 is 44.5. The molecule has 0 bridgehead atoms. The van der Waals surface area contributed by atoms with Gasteiger partial charge in [0.05, 0.1) is 23.3 Å². The van der Waals surface area contributed by atoms with E-state index in [1.807, 2.05) is 53.7 Å². The number of carbonyl (C=O) groups is 5. The van der Waals surface area contributed by atoms with Crippen LogP contribution in [0.25, 0.3) is 0 Å². The maximum atomic E-state index is 14.5. The molecule has 1 unspecified atom stereocenters. The molecule has 1 N–H and O–H groups in total. The molecule has 52 heavy (non-hydrogen) atoms. The van der Waals surface area contributed by atoms with Gasteiger partial charge >= 0.3 is 6.09 Å². The first kappa shape index (κ1) is 37.8. The van der Waals surface area contributed by atoms with E-state index in [1.165, 1.54) is 9.80 Å². The van der Waals surface area contributed by atoms with E-state index >= 15 is 0 Å². The van der Waals surface area contributed by atoms with Crippen molar-refractivity contribution in [3.05, 3.63) is 35.9 Å². The topological polar surface area (TPSA) is 166 Å². The predicted octanol–water partition coefficient (Wildman–Crippen LogP) is 4.65. The second kappa shape index (κ2) is 13.5. The summed E-state index contributed by atoms with van der Waals surface area (Å²) in [5.41, 5.74) is -0.439. The molecule has 0 aromatic heterocycles. The fourth-order valence-electron chi connectivity index (χ4n) is 7.73. The van der Waals surface area contributed by atoms with Crippen molar-refractivity contribution in [3.8, 4) is 11.5 Å². The van der Waals surface area contributed by atoms with Gasteiger partial charge in [-0.05, 0) is 59.3 Å². The van der Waals surface area contributed by atoms with Gasteiger partial charge in [0.25, 0.3) is 0 Å². The van der Waals surface area contributed by atoms with Crippen LogP contribution in [0.5, 0.6) is 11.5 Å². The van der Waals surface area contributed by atoms with E-state index in [9.17, 15) is 32.4 Å². The second-order valence-corrected chi connectivity index (χ2v) is 19.5. The van der Waals surface area contributed by atoms with Crippen LogP contribution < -0.4 is 14.2 Å². The largest absolute Gasteiger partial charge is 0.454 e. The third kappa shape index (κ3) is 7.86. The highest BCUT2D eigenvalue weighted by Gasteiger charge is 2.61. The molecular formula is C38H51N3O10S. The summed E-state index contributed by atoms with van der Waals surface area (Å²) in [6, 6.07) is 2.63. The van der Waals surface area contributed by atoms with Gasteiger partial charge in [0.2, 0.25) is 28.6 Å². The van der Waals surface area contributed by atoms with Crippen molar-refractivity contribution in [2.75, 3.05) is 13.3 Å². The number of ether oxygens (including phenoxy) is 3. The Morgan fingerprint density at radius 2 is 1.65 bits per heavy atom. The zero-order valence-electron chi connectivity index (χ0n) is 31.0. The molecule has 5 aliphatic rings. The van der Waals surface area contributed by atoms with Crippen molar-refractivity contribution in [3.63, 3.8) is 0 Å². The number of Topliss-reactive ketones (excluding diaryl/α,β-unsaturated/α-hetero) is 2. The molecule has 2 saturated carbocycles. The van der Waals surface area contributed by atoms with E-state index in [-0.39, 0.29) is 69.7 Å². The molecule has 3 fully saturated rings. The van der Waals surface area contributed by atoms with Gasteiger partial charge in [-0.1, -0.05) is 47.6 Å². The number of carbonyl (C=O) groups excluding carboxylic acids is 5. The molecule has 1 saturated heterocycles. The maximum Gasteiger partial charge on any atom is 0.410 e. The zero-order valence-corrected chi connectivity index (χ0v) is 31.8. The number of nitrogens with zero attached hydrogens (tertiary/aromatic N) is 2. The average molecular weight is 742 g/mol. The number of allylic oxidation sites excluding steroid dienone is 1. The van der Waals surface area contributed by atoms with Crippen LogP contribution in [-0.4, -0.2) is 78.4 Å². The van der Waals surface area contributed by atoms with Gasteiger partial charge in [-0.25, -0.2) is 13.2 Å². The number of likely N-dealkylation sites (tertiary alicyclic amines) is 1. The fourth-order valence-corrected chi connectivity index (χ4v) is 9.11. The minimum Gasteiger partial charge on any atom is -0.454 e. The summed E-state index contributed by atoms with van der Waals surface area (Å²) in [7, 11) is -3.86. The van der Waals surface area contributed by atoms with Gasteiger partial charge in [-0.2, -0.15) is 0 Å². The van der Waals surface area contributed by atoms with Crippen molar-refractivity contribution in [2.45, 2.75) is 117 Å². The van der Waals surface area contributed by atoms with Gasteiger partial charge in [0, 0.05) is 44.7 Å².